The van der Waals surface area contributed by atoms with Crippen molar-refractivity contribution in [3.05, 3.63) is 42.2 Å². The number of nitrogens with two attached hydrogens (primary N) is 1. The van der Waals surface area contributed by atoms with Gasteiger partial charge >= 0.3 is 0 Å². The van der Waals surface area contributed by atoms with E-state index in [2.05, 4.69) is 5.10 Å². The molecule has 0 saturated carbocycles. The Balaban J connectivity index is 2.30. The number of rotatable bonds is 2. The second kappa shape index (κ2) is 4.29. The van der Waals surface area contributed by atoms with Crippen molar-refractivity contribution in [1.29, 1.82) is 0 Å². The number of anilines is 2. The highest BCUT2D eigenvalue weighted by Gasteiger charge is 2.16. The van der Waals surface area contributed by atoms with Crippen LogP contribution < -0.4 is 10.6 Å². The zero-order chi connectivity index (χ0) is 12.4. The Morgan fingerprint density at radius 1 is 1.41 bits per heavy atom. The van der Waals surface area contributed by atoms with Gasteiger partial charge in [0.1, 0.15) is 5.69 Å². The highest BCUT2D eigenvalue weighted by atomic mass is 16.2. The molecule has 2 rings (SSSR count). The third kappa shape index (κ3) is 2.13. The van der Waals surface area contributed by atoms with Crippen LogP contribution in [0.2, 0.25) is 0 Å². The normalized spacial score (nSPS) is 10.2. The van der Waals surface area contributed by atoms with Crippen molar-refractivity contribution in [3.8, 4) is 0 Å². The summed E-state index contributed by atoms with van der Waals surface area (Å²) in [7, 11) is 3.45. The van der Waals surface area contributed by atoms with Crippen molar-refractivity contribution in [2.75, 3.05) is 17.7 Å². The van der Waals surface area contributed by atoms with E-state index in [0.717, 1.165) is 5.69 Å². The SMILES string of the molecule is CN(C(=O)c1ccnn1C)c1cccc(N)c1. The van der Waals surface area contributed by atoms with Crippen molar-refractivity contribution in [2.24, 2.45) is 7.05 Å². The largest absolute Gasteiger partial charge is 0.399 e. The highest BCUT2D eigenvalue weighted by molar-refractivity contribution is 6.04. The molecule has 0 aliphatic heterocycles. The molecule has 0 spiro atoms. The molecule has 1 aromatic carbocycles. The average Bonchev–Trinajstić information content (AvgIpc) is 2.73. The molecular weight excluding hydrogens is 216 g/mol. The smallest absolute Gasteiger partial charge is 0.276 e. The van der Waals surface area contributed by atoms with Gasteiger partial charge < -0.3 is 10.6 Å². The van der Waals surface area contributed by atoms with Gasteiger partial charge in [0.15, 0.2) is 0 Å². The van der Waals surface area contributed by atoms with E-state index in [1.807, 2.05) is 12.1 Å². The molecule has 0 radical (unpaired) electrons. The lowest BCUT2D eigenvalue weighted by Crippen LogP contribution is -2.28. The van der Waals surface area contributed by atoms with Crippen LogP contribution in [-0.2, 0) is 7.05 Å². The Labute approximate surface area is 99.5 Å². The highest BCUT2D eigenvalue weighted by Crippen LogP contribution is 2.17. The molecule has 0 saturated heterocycles. The third-order valence-electron chi connectivity index (χ3n) is 2.60. The van der Waals surface area contributed by atoms with Crippen LogP contribution in [0.25, 0.3) is 0 Å². The minimum atomic E-state index is -0.115. The minimum Gasteiger partial charge on any atom is -0.399 e. The van der Waals surface area contributed by atoms with E-state index < -0.39 is 0 Å². The van der Waals surface area contributed by atoms with Crippen molar-refractivity contribution in [3.63, 3.8) is 0 Å². The molecule has 17 heavy (non-hydrogen) atoms. The Kier molecular flexibility index (Phi) is 2.82. The van der Waals surface area contributed by atoms with Crippen molar-refractivity contribution < 1.29 is 4.79 Å². The van der Waals surface area contributed by atoms with Gasteiger partial charge in [0.25, 0.3) is 5.91 Å². The molecule has 0 unspecified atom stereocenters. The number of benzene rings is 1. The van der Waals surface area contributed by atoms with Gasteiger partial charge in [0, 0.05) is 31.7 Å². The predicted octanol–water partition coefficient (Wildman–Crippen LogP) is 1.28. The molecule has 88 valence electrons. The Bertz CT molecular complexity index is 547. The molecule has 5 heteroatoms. The monoisotopic (exact) mass is 230 g/mol. The van der Waals surface area contributed by atoms with Crippen LogP contribution in [-0.4, -0.2) is 22.7 Å². The summed E-state index contributed by atoms with van der Waals surface area (Å²) in [4.78, 5) is 13.7. The molecule has 1 aromatic heterocycles. The topological polar surface area (TPSA) is 64.2 Å². The molecule has 0 atom stereocenters. The van der Waals surface area contributed by atoms with Crippen molar-refractivity contribution in [2.45, 2.75) is 0 Å². The maximum Gasteiger partial charge on any atom is 0.276 e. The molecule has 0 aliphatic carbocycles. The summed E-state index contributed by atoms with van der Waals surface area (Å²) in [6.45, 7) is 0. The quantitative estimate of drug-likeness (QED) is 0.790. The van der Waals surface area contributed by atoms with E-state index in [-0.39, 0.29) is 5.91 Å². The summed E-state index contributed by atoms with van der Waals surface area (Å²) in [5.41, 5.74) is 7.62. The minimum absolute atomic E-state index is 0.115. The summed E-state index contributed by atoms with van der Waals surface area (Å²) in [5.74, 6) is -0.115. The molecule has 0 bridgehead atoms. The first-order valence-electron chi connectivity index (χ1n) is 5.21. The second-order valence-electron chi connectivity index (χ2n) is 3.80. The second-order valence-corrected chi connectivity index (χ2v) is 3.80. The number of hydrogen-bond acceptors (Lipinski definition) is 3. The van der Waals surface area contributed by atoms with Gasteiger partial charge in [0.05, 0.1) is 0 Å². The van der Waals surface area contributed by atoms with E-state index in [1.165, 1.54) is 0 Å². The lowest BCUT2D eigenvalue weighted by atomic mass is 10.2. The molecule has 2 aromatic rings. The first-order chi connectivity index (χ1) is 8.09. The molecule has 1 heterocycles. The van der Waals surface area contributed by atoms with Crippen LogP contribution >= 0.6 is 0 Å². The van der Waals surface area contributed by atoms with Gasteiger partial charge in [-0.05, 0) is 24.3 Å². The maximum absolute atomic E-state index is 12.2. The van der Waals surface area contributed by atoms with Gasteiger partial charge in [-0.3, -0.25) is 9.48 Å². The molecule has 1 amide bonds. The number of carbonyl (C=O) groups is 1. The summed E-state index contributed by atoms with van der Waals surface area (Å²) in [5, 5.41) is 3.98. The van der Waals surface area contributed by atoms with Crippen LogP contribution in [0, 0.1) is 0 Å². The predicted molar refractivity (Wildman–Crippen MR) is 66.8 cm³/mol. The number of aryl methyl sites for hydroxylation is 1. The number of nitrogen functional groups attached to an aromatic ring is 1. The third-order valence-corrected chi connectivity index (χ3v) is 2.60. The van der Waals surface area contributed by atoms with Crippen LogP contribution in [0.15, 0.2) is 36.5 Å². The Morgan fingerprint density at radius 2 is 2.18 bits per heavy atom. The summed E-state index contributed by atoms with van der Waals surface area (Å²) < 4.78 is 1.55. The molecule has 0 aliphatic rings. The molecule has 5 nitrogen and oxygen atoms in total. The standard InChI is InChI=1S/C12H14N4O/c1-15(10-5-3-4-9(13)8-10)12(17)11-6-7-14-16(11)2/h3-8H,13H2,1-2H3. The zero-order valence-electron chi connectivity index (χ0n) is 9.79. The fourth-order valence-electron chi connectivity index (χ4n) is 1.61. The molecule has 2 N–H and O–H groups in total. The van der Waals surface area contributed by atoms with E-state index in [1.54, 1.807) is 48.1 Å². The number of hydrogen-bond donors (Lipinski definition) is 1. The number of aromatic nitrogens is 2. The Hall–Kier alpha value is -2.30. The summed E-state index contributed by atoms with van der Waals surface area (Å²) in [6.07, 6.45) is 1.60. The number of carbonyl (C=O) groups excluding carboxylic acids is 1. The van der Waals surface area contributed by atoms with Crippen LogP contribution in [0.5, 0.6) is 0 Å². The maximum atomic E-state index is 12.2. The molecular formula is C12H14N4O. The van der Waals surface area contributed by atoms with Crippen molar-refractivity contribution >= 4 is 17.3 Å². The number of nitrogens with zero attached hydrogens (tertiary/aromatic N) is 3. The van der Waals surface area contributed by atoms with Gasteiger partial charge in [-0.2, -0.15) is 5.10 Å². The zero-order valence-corrected chi connectivity index (χ0v) is 9.79. The van der Waals surface area contributed by atoms with Crippen LogP contribution in [0.4, 0.5) is 11.4 Å². The fourth-order valence-corrected chi connectivity index (χ4v) is 1.61. The molecule has 0 fully saturated rings. The van der Waals surface area contributed by atoms with Gasteiger partial charge in [-0.15, -0.1) is 0 Å². The van der Waals surface area contributed by atoms with E-state index in [0.29, 0.717) is 11.4 Å². The first-order valence-corrected chi connectivity index (χ1v) is 5.21. The summed E-state index contributed by atoms with van der Waals surface area (Å²) in [6, 6.07) is 8.88. The van der Waals surface area contributed by atoms with E-state index in [4.69, 9.17) is 5.73 Å². The van der Waals surface area contributed by atoms with Gasteiger partial charge in [-0.1, -0.05) is 6.07 Å². The van der Waals surface area contributed by atoms with Crippen LogP contribution in [0.3, 0.4) is 0 Å². The number of amides is 1. The van der Waals surface area contributed by atoms with E-state index in [9.17, 15) is 4.79 Å². The van der Waals surface area contributed by atoms with Gasteiger partial charge in [0.2, 0.25) is 0 Å². The van der Waals surface area contributed by atoms with E-state index >= 15 is 0 Å². The van der Waals surface area contributed by atoms with Crippen LogP contribution in [0.1, 0.15) is 10.5 Å². The van der Waals surface area contributed by atoms with Gasteiger partial charge in [-0.25, -0.2) is 0 Å². The van der Waals surface area contributed by atoms with Crippen molar-refractivity contribution in [1.82, 2.24) is 9.78 Å². The fraction of sp³-hybridized carbons (Fsp3) is 0.167. The lowest BCUT2D eigenvalue weighted by Gasteiger charge is -2.17. The Morgan fingerprint density at radius 3 is 2.76 bits per heavy atom. The lowest BCUT2D eigenvalue weighted by molar-refractivity contribution is 0.0984. The first kappa shape index (κ1) is 11.2. The average molecular weight is 230 g/mol. The summed E-state index contributed by atoms with van der Waals surface area (Å²) >= 11 is 0.